The van der Waals surface area contributed by atoms with Gasteiger partial charge in [0.2, 0.25) is 5.91 Å². The van der Waals surface area contributed by atoms with Crippen LogP contribution in [0.1, 0.15) is 36.6 Å². The molecule has 0 fully saturated rings. The molecule has 0 aliphatic carbocycles. The molecule has 0 saturated carbocycles. The number of carbonyl (C=O) groups excluding carboxylic acids is 1. The summed E-state index contributed by atoms with van der Waals surface area (Å²) in [6, 6.07) is 15.1. The lowest BCUT2D eigenvalue weighted by Gasteiger charge is -2.25. The summed E-state index contributed by atoms with van der Waals surface area (Å²) in [5.74, 6) is 0.630. The minimum absolute atomic E-state index is 0.125. The zero-order valence-corrected chi connectivity index (χ0v) is 14.7. The third kappa shape index (κ3) is 3.95. The number of amides is 1. The Balaban J connectivity index is 2.03. The van der Waals surface area contributed by atoms with Crippen LogP contribution in [0.5, 0.6) is 5.75 Å². The van der Waals surface area contributed by atoms with Gasteiger partial charge in [-0.1, -0.05) is 36.4 Å². The third-order valence-corrected chi connectivity index (χ3v) is 4.38. The molecule has 0 aromatic heterocycles. The number of aliphatic hydroxyl groups excluding tert-OH is 1. The number of hydrogen-bond acceptors (Lipinski definition) is 3. The van der Waals surface area contributed by atoms with Gasteiger partial charge in [0.1, 0.15) is 5.75 Å². The molecule has 0 aliphatic heterocycles. The fraction of sp³-hybridized carbons (Fsp3) is 0.350. The van der Waals surface area contributed by atoms with E-state index in [2.05, 4.69) is 5.32 Å². The topological polar surface area (TPSA) is 58.6 Å². The van der Waals surface area contributed by atoms with Crippen molar-refractivity contribution in [3.05, 3.63) is 65.2 Å². The summed E-state index contributed by atoms with van der Waals surface area (Å²) in [7, 11) is 1.61. The summed E-state index contributed by atoms with van der Waals surface area (Å²) in [4.78, 5) is 12.6. The normalized spacial score (nSPS) is 12.5. The molecule has 0 saturated heterocycles. The summed E-state index contributed by atoms with van der Waals surface area (Å²) >= 11 is 0. The molecule has 0 radical (unpaired) electrons. The largest absolute Gasteiger partial charge is 0.497 e. The predicted molar refractivity (Wildman–Crippen MR) is 95.2 cm³/mol. The van der Waals surface area contributed by atoms with Gasteiger partial charge in [-0.3, -0.25) is 4.79 Å². The Hall–Kier alpha value is -2.33. The molecule has 0 heterocycles. The fourth-order valence-electron chi connectivity index (χ4n) is 2.62. The number of rotatable bonds is 6. The van der Waals surface area contributed by atoms with Crippen molar-refractivity contribution >= 4 is 5.91 Å². The van der Waals surface area contributed by atoms with Gasteiger partial charge in [0, 0.05) is 6.54 Å². The first kappa shape index (κ1) is 18.0. The molecule has 128 valence electrons. The maximum Gasteiger partial charge on any atom is 0.230 e. The van der Waals surface area contributed by atoms with Gasteiger partial charge < -0.3 is 15.2 Å². The molecule has 1 amide bonds. The molecule has 4 heteroatoms. The highest BCUT2D eigenvalue weighted by atomic mass is 16.5. The number of hydrogen-bond donors (Lipinski definition) is 2. The van der Waals surface area contributed by atoms with E-state index in [1.54, 1.807) is 7.11 Å². The van der Waals surface area contributed by atoms with Crippen LogP contribution in [0.25, 0.3) is 0 Å². The van der Waals surface area contributed by atoms with Gasteiger partial charge >= 0.3 is 0 Å². The first-order valence-electron chi connectivity index (χ1n) is 8.02. The van der Waals surface area contributed by atoms with Gasteiger partial charge in [0.05, 0.1) is 18.6 Å². The van der Waals surface area contributed by atoms with E-state index in [4.69, 9.17) is 4.74 Å². The van der Waals surface area contributed by atoms with E-state index >= 15 is 0 Å². The SMILES string of the molecule is COc1ccc(C(C)(C)C(=O)NCC(O)c2ccccc2C)cc1. The first-order chi connectivity index (χ1) is 11.4. The Labute approximate surface area is 143 Å². The summed E-state index contributed by atoms with van der Waals surface area (Å²) in [6.07, 6.45) is -0.721. The van der Waals surface area contributed by atoms with Crippen LogP contribution in [-0.4, -0.2) is 24.7 Å². The number of aliphatic hydroxyl groups is 1. The minimum atomic E-state index is -0.721. The minimum Gasteiger partial charge on any atom is -0.497 e. The Morgan fingerprint density at radius 3 is 2.38 bits per heavy atom. The molecule has 4 nitrogen and oxygen atoms in total. The highest BCUT2D eigenvalue weighted by Crippen LogP contribution is 2.26. The van der Waals surface area contributed by atoms with Crippen molar-refractivity contribution < 1.29 is 14.6 Å². The number of nitrogens with one attached hydrogen (secondary N) is 1. The van der Waals surface area contributed by atoms with Gasteiger partial charge in [-0.25, -0.2) is 0 Å². The second kappa shape index (κ2) is 7.49. The van der Waals surface area contributed by atoms with Crippen LogP contribution in [0.2, 0.25) is 0 Å². The molecule has 2 rings (SSSR count). The van der Waals surface area contributed by atoms with Crippen LogP contribution in [0.15, 0.2) is 48.5 Å². The maximum atomic E-state index is 12.6. The molecule has 2 aromatic rings. The molecule has 1 unspecified atom stereocenters. The molecule has 1 atom stereocenters. The van der Waals surface area contributed by atoms with Crippen LogP contribution in [0.3, 0.4) is 0 Å². The lowest BCUT2D eigenvalue weighted by atomic mass is 9.83. The van der Waals surface area contributed by atoms with Crippen molar-refractivity contribution in [1.82, 2.24) is 5.32 Å². The van der Waals surface area contributed by atoms with E-state index < -0.39 is 11.5 Å². The first-order valence-corrected chi connectivity index (χ1v) is 8.02. The predicted octanol–water partition coefficient (Wildman–Crippen LogP) is 3.13. The molecular weight excluding hydrogens is 302 g/mol. The Morgan fingerprint density at radius 2 is 1.79 bits per heavy atom. The highest BCUT2D eigenvalue weighted by Gasteiger charge is 2.30. The number of carbonyl (C=O) groups is 1. The fourth-order valence-corrected chi connectivity index (χ4v) is 2.62. The van der Waals surface area contributed by atoms with Crippen LogP contribution >= 0.6 is 0 Å². The number of methoxy groups -OCH3 is 1. The molecule has 0 aliphatic rings. The van der Waals surface area contributed by atoms with Crippen molar-refractivity contribution in [2.45, 2.75) is 32.3 Å². The van der Waals surface area contributed by atoms with Gasteiger partial charge in [0.25, 0.3) is 0 Å². The van der Waals surface area contributed by atoms with Crippen LogP contribution in [0.4, 0.5) is 0 Å². The van der Waals surface area contributed by atoms with Crippen molar-refractivity contribution in [2.75, 3.05) is 13.7 Å². The van der Waals surface area contributed by atoms with Crippen molar-refractivity contribution in [3.8, 4) is 5.75 Å². The van der Waals surface area contributed by atoms with Crippen molar-refractivity contribution in [1.29, 1.82) is 0 Å². The zero-order chi connectivity index (χ0) is 17.7. The zero-order valence-electron chi connectivity index (χ0n) is 14.7. The van der Waals surface area contributed by atoms with Gasteiger partial charge in [-0.2, -0.15) is 0 Å². The monoisotopic (exact) mass is 327 g/mol. The number of ether oxygens (including phenoxy) is 1. The summed E-state index contributed by atoms with van der Waals surface area (Å²) in [5, 5.41) is 13.2. The standard InChI is InChI=1S/C20H25NO3/c1-14-7-5-6-8-17(14)18(22)13-21-19(23)20(2,3)15-9-11-16(24-4)12-10-15/h5-12,18,22H,13H2,1-4H3,(H,21,23). The quantitative estimate of drug-likeness (QED) is 0.857. The maximum absolute atomic E-state index is 12.6. The van der Waals surface area contributed by atoms with E-state index in [-0.39, 0.29) is 12.5 Å². The van der Waals surface area contributed by atoms with E-state index in [1.165, 1.54) is 0 Å². The molecule has 2 N–H and O–H groups in total. The average molecular weight is 327 g/mol. The van der Waals surface area contributed by atoms with Crippen LogP contribution in [-0.2, 0) is 10.2 Å². The molecular formula is C20H25NO3. The lowest BCUT2D eigenvalue weighted by Crippen LogP contribution is -2.41. The van der Waals surface area contributed by atoms with E-state index in [0.717, 1.165) is 22.4 Å². The van der Waals surface area contributed by atoms with Gasteiger partial charge in [-0.15, -0.1) is 0 Å². The van der Waals surface area contributed by atoms with Crippen molar-refractivity contribution in [2.24, 2.45) is 0 Å². The summed E-state index contributed by atoms with van der Waals surface area (Å²) in [5.41, 5.74) is 2.04. The molecule has 0 bridgehead atoms. The number of aryl methyl sites for hydroxylation is 1. The average Bonchev–Trinajstić information content (AvgIpc) is 2.59. The second-order valence-electron chi connectivity index (χ2n) is 6.44. The summed E-state index contributed by atoms with van der Waals surface area (Å²) in [6.45, 7) is 5.86. The van der Waals surface area contributed by atoms with Crippen LogP contribution in [0, 0.1) is 6.92 Å². The Bertz CT molecular complexity index is 692. The van der Waals surface area contributed by atoms with Gasteiger partial charge in [0.15, 0.2) is 0 Å². The van der Waals surface area contributed by atoms with Crippen molar-refractivity contribution in [3.63, 3.8) is 0 Å². The van der Waals surface area contributed by atoms with E-state index in [9.17, 15) is 9.90 Å². The van der Waals surface area contributed by atoms with Gasteiger partial charge in [-0.05, 0) is 49.6 Å². The lowest BCUT2D eigenvalue weighted by molar-refractivity contribution is -0.126. The summed E-state index contributed by atoms with van der Waals surface area (Å²) < 4.78 is 5.15. The molecule has 0 spiro atoms. The van der Waals surface area contributed by atoms with Crippen LogP contribution < -0.4 is 10.1 Å². The Morgan fingerprint density at radius 1 is 1.17 bits per heavy atom. The Kier molecular flexibility index (Phi) is 5.62. The molecule has 24 heavy (non-hydrogen) atoms. The number of benzene rings is 2. The third-order valence-electron chi connectivity index (χ3n) is 4.38. The highest BCUT2D eigenvalue weighted by molar-refractivity contribution is 5.87. The smallest absolute Gasteiger partial charge is 0.230 e. The van der Waals surface area contributed by atoms with E-state index in [0.29, 0.717) is 0 Å². The second-order valence-corrected chi connectivity index (χ2v) is 6.44. The van der Waals surface area contributed by atoms with E-state index in [1.807, 2.05) is 69.3 Å². The molecule has 2 aromatic carbocycles.